The molecule has 1 aliphatic rings. The molecule has 1 fully saturated rings. The summed E-state index contributed by atoms with van der Waals surface area (Å²) < 4.78 is 0. The van der Waals surface area contributed by atoms with Crippen molar-refractivity contribution >= 4 is 29.3 Å². The smallest absolute Gasteiger partial charge is 0.253 e. The minimum atomic E-state index is -0.194. The molecule has 0 aliphatic carbocycles. The summed E-state index contributed by atoms with van der Waals surface area (Å²) in [5, 5.41) is 8.89. The van der Waals surface area contributed by atoms with Gasteiger partial charge in [-0.15, -0.1) is 11.8 Å². The SMILES string of the molecule is CCC(C)NC(=O)c1ccccc1NC(=O)C1CSCN1. The Balaban J connectivity index is 2.09. The lowest BCUT2D eigenvalue weighted by molar-refractivity contribution is -0.117. The summed E-state index contributed by atoms with van der Waals surface area (Å²) in [5.74, 6) is 1.29. The Morgan fingerprint density at radius 1 is 1.43 bits per heavy atom. The van der Waals surface area contributed by atoms with Gasteiger partial charge in [0.05, 0.1) is 17.3 Å². The first kappa shape index (κ1) is 15.9. The van der Waals surface area contributed by atoms with Crippen LogP contribution in [-0.4, -0.2) is 35.5 Å². The van der Waals surface area contributed by atoms with Crippen LogP contribution in [0.1, 0.15) is 30.6 Å². The topological polar surface area (TPSA) is 70.2 Å². The van der Waals surface area contributed by atoms with Crippen LogP contribution in [0.4, 0.5) is 5.69 Å². The number of benzene rings is 1. The van der Waals surface area contributed by atoms with E-state index in [4.69, 9.17) is 0 Å². The van der Waals surface area contributed by atoms with Crippen LogP contribution in [0.2, 0.25) is 0 Å². The van der Waals surface area contributed by atoms with Gasteiger partial charge in [-0.25, -0.2) is 0 Å². The zero-order chi connectivity index (χ0) is 15.2. The fraction of sp³-hybridized carbons (Fsp3) is 0.467. The Hall–Kier alpha value is -1.53. The number of nitrogens with one attached hydrogen (secondary N) is 3. The van der Waals surface area contributed by atoms with Crippen molar-refractivity contribution in [3.8, 4) is 0 Å². The van der Waals surface area contributed by atoms with E-state index in [1.54, 1.807) is 30.0 Å². The van der Waals surface area contributed by atoms with Gasteiger partial charge in [0.15, 0.2) is 0 Å². The number of carbonyl (C=O) groups excluding carboxylic acids is 2. The fourth-order valence-electron chi connectivity index (χ4n) is 1.98. The predicted molar refractivity (Wildman–Crippen MR) is 86.5 cm³/mol. The number of carbonyl (C=O) groups is 2. The van der Waals surface area contributed by atoms with Crippen molar-refractivity contribution in [3.63, 3.8) is 0 Å². The molecule has 21 heavy (non-hydrogen) atoms. The lowest BCUT2D eigenvalue weighted by Crippen LogP contribution is -2.38. The molecule has 0 bridgehead atoms. The zero-order valence-electron chi connectivity index (χ0n) is 12.3. The Morgan fingerprint density at radius 3 is 2.86 bits per heavy atom. The number of thioether (sulfide) groups is 1. The minimum Gasteiger partial charge on any atom is -0.350 e. The molecule has 2 rings (SSSR count). The first-order chi connectivity index (χ1) is 10.1. The average molecular weight is 307 g/mol. The molecule has 0 saturated carbocycles. The van der Waals surface area contributed by atoms with E-state index in [2.05, 4.69) is 16.0 Å². The van der Waals surface area contributed by atoms with Gasteiger partial charge >= 0.3 is 0 Å². The van der Waals surface area contributed by atoms with E-state index in [0.717, 1.165) is 18.1 Å². The monoisotopic (exact) mass is 307 g/mol. The molecular formula is C15H21N3O2S. The summed E-state index contributed by atoms with van der Waals surface area (Å²) in [6.45, 7) is 3.97. The lowest BCUT2D eigenvalue weighted by atomic mass is 10.1. The van der Waals surface area contributed by atoms with E-state index >= 15 is 0 Å². The van der Waals surface area contributed by atoms with Crippen LogP contribution in [0.15, 0.2) is 24.3 Å². The van der Waals surface area contributed by atoms with Gasteiger partial charge in [-0.2, -0.15) is 0 Å². The molecule has 2 unspecified atom stereocenters. The van der Waals surface area contributed by atoms with E-state index in [1.165, 1.54) is 0 Å². The van der Waals surface area contributed by atoms with Crippen LogP contribution >= 0.6 is 11.8 Å². The highest BCUT2D eigenvalue weighted by Gasteiger charge is 2.23. The van der Waals surface area contributed by atoms with Crippen LogP contribution in [0.25, 0.3) is 0 Å². The first-order valence-electron chi connectivity index (χ1n) is 7.13. The third-order valence-corrected chi connectivity index (χ3v) is 4.39. The Bertz CT molecular complexity index is 515. The van der Waals surface area contributed by atoms with Gasteiger partial charge in [-0.05, 0) is 25.5 Å². The van der Waals surface area contributed by atoms with Gasteiger partial charge in [0, 0.05) is 17.7 Å². The number of para-hydroxylation sites is 1. The maximum atomic E-state index is 12.3. The van der Waals surface area contributed by atoms with Gasteiger partial charge in [-0.1, -0.05) is 19.1 Å². The molecule has 1 aliphatic heterocycles. The summed E-state index contributed by atoms with van der Waals surface area (Å²) in [4.78, 5) is 24.4. The molecule has 0 aromatic heterocycles. The van der Waals surface area contributed by atoms with Crippen LogP contribution < -0.4 is 16.0 Å². The standard InChI is InChI=1S/C15H21N3O2S/c1-3-10(2)17-14(19)11-6-4-5-7-12(11)18-15(20)13-8-21-9-16-13/h4-7,10,13,16H,3,8-9H2,1-2H3,(H,17,19)(H,18,20). The normalized spacial score (nSPS) is 19.0. The number of hydrogen-bond donors (Lipinski definition) is 3. The zero-order valence-corrected chi connectivity index (χ0v) is 13.1. The molecular weight excluding hydrogens is 286 g/mol. The van der Waals surface area contributed by atoms with Crippen molar-refractivity contribution in [2.75, 3.05) is 16.9 Å². The molecule has 1 heterocycles. The Labute approximate surface area is 129 Å². The highest BCUT2D eigenvalue weighted by molar-refractivity contribution is 7.99. The van der Waals surface area contributed by atoms with E-state index in [0.29, 0.717) is 11.3 Å². The fourth-order valence-corrected chi connectivity index (χ4v) is 2.92. The van der Waals surface area contributed by atoms with Crippen LogP contribution in [-0.2, 0) is 4.79 Å². The molecule has 3 N–H and O–H groups in total. The molecule has 1 aromatic carbocycles. The van der Waals surface area contributed by atoms with Crippen LogP contribution in [0.5, 0.6) is 0 Å². The molecule has 0 radical (unpaired) electrons. The summed E-state index contributed by atoms with van der Waals surface area (Å²) in [7, 11) is 0. The molecule has 0 spiro atoms. The van der Waals surface area contributed by atoms with Crippen molar-refractivity contribution in [2.24, 2.45) is 0 Å². The van der Waals surface area contributed by atoms with Gasteiger partial charge in [0.25, 0.3) is 5.91 Å². The van der Waals surface area contributed by atoms with Crippen molar-refractivity contribution in [1.82, 2.24) is 10.6 Å². The van der Waals surface area contributed by atoms with Gasteiger partial charge < -0.3 is 10.6 Å². The third-order valence-electron chi connectivity index (χ3n) is 3.45. The van der Waals surface area contributed by atoms with Gasteiger partial charge in [-0.3, -0.25) is 14.9 Å². The average Bonchev–Trinajstić information content (AvgIpc) is 3.01. The second-order valence-corrected chi connectivity index (χ2v) is 6.12. The second kappa shape index (κ2) is 7.47. The number of amides is 2. The number of hydrogen-bond acceptors (Lipinski definition) is 4. The van der Waals surface area contributed by atoms with E-state index in [-0.39, 0.29) is 23.9 Å². The quantitative estimate of drug-likeness (QED) is 0.776. The van der Waals surface area contributed by atoms with Gasteiger partial charge in [0.2, 0.25) is 5.91 Å². The molecule has 1 aromatic rings. The van der Waals surface area contributed by atoms with Crippen LogP contribution in [0, 0.1) is 0 Å². The van der Waals surface area contributed by atoms with Crippen molar-refractivity contribution < 1.29 is 9.59 Å². The molecule has 2 amide bonds. The van der Waals surface area contributed by atoms with E-state index in [9.17, 15) is 9.59 Å². The third kappa shape index (κ3) is 4.22. The predicted octanol–water partition coefficient (Wildman–Crippen LogP) is 1.82. The first-order valence-corrected chi connectivity index (χ1v) is 8.29. The maximum Gasteiger partial charge on any atom is 0.253 e. The summed E-state index contributed by atoms with van der Waals surface area (Å²) in [5.41, 5.74) is 1.05. The summed E-state index contributed by atoms with van der Waals surface area (Å²) in [6.07, 6.45) is 0.865. The number of anilines is 1. The van der Waals surface area contributed by atoms with Gasteiger partial charge in [0.1, 0.15) is 0 Å². The highest BCUT2D eigenvalue weighted by atomic mass is 32.2. The largest absolute Gasteiger partial charge is 0.350 e. The Kier molecular flexibility index (Phi) is 5.64. The summed E-state index contributed by atoms with van der Waals surface area (Å²) >= 11 is 1.69. The van der Waals surface area contributed by atoms with Crippen molar-refractivity contribution in [1.29, 1.82) is 0 Å². The second-order valence-electron chi connectivity index (χ2n) is 5.09. The molecule has 6 heteroatoms. The Morgan fingerprint density at radius 2 is 2.19 bits per heavy atom. The van der Waals surface area contributed by atoms with Crippen molar-refractivity contribution in [3.05, 3.63) is 29.8 Å². The van der Waals surface area contributed by atoms with Crippen molar-refractivity contribution in [2.45, 2.75) is 32.4 Å². The maximum absolute atomic E-state index is 12.3. The lowest BCUT2D eigenvalue weighted by Gasteiger charge is -2.16. The molecule has 2 atom stereocenters. The van der Waals surface area contributed by atoms with E-state index < -0.39 is 0 Å². The van der Waals surface area contributed by atoms with Crippen LogP contribution in [0.3, 0.4) is 0 Å². The molecule has 114 valence electrons. The number of rotatable bonds is 5. The molecule has 5 nitrogen and oxygen atoms in total. The van der Waals surface area contributed by atoms with E-state index in [1.807, 2.05) is 19.9 Å². The molecule has 1 saturated heterocycles. The highest BCUT2D eigenvalue weighted by Crippen LogP contribution is 2.17. The minimum absolute atomic E-state index is 0.0937. The summed E-state index contributed by atoms with van der Waals surface area (Å²) in [6, 6.07) is 7.00.